The van der Waals surface area contributed by atoms with E-state index in [-0.39, 0.29) is 11.5 Å². The first-order chi connectivity index (χ1) is 8.31. The maximum Gasteiger partial charge on any atom is 0.261 e. The lowest BCUT2D eigenvalue weighted by Gasteiger charge is -2.24. The topological polar surface area (TPSA) is 60.9 Å². The third kappa shape index (κ3) is 1.56. The smallest absolute Gasteiger partial charge is 0.261 e. The van der Waals surface area contributed by atoms with Crippen LogP contribution in [0.5, 0.6) is 0 Å². The van der Waals surface area contributed by atoms with Gasteiger partial charge in [0.25, 0.3) is 5.56 Å². The van der Waals surface area contributed by atoms with E-state index >= 15 is 0 Å². The van der Waals surface area contributed by atoms with Gasteiger partial charge in [0.05, 0.1) is 10.9 Å². The van der Waals surface area contributed by atoms with Gasteiger partial charge in [-0.2, -0.15) is 0 Å². The van der Waals surface area contributed by atoms with E-state index in [0.717, 1.165) is 30.7 Å². The normalized spacial score (nSPS) is 19.2. The van der Waals surface area contributed by atoms with Crippen molar-refractivity contribution in [3.63, 3.8) is 0 Å². The maximum atomic E-state index is 12.3. The van der Waals surface area contributed by atoms with Crippen LogP contribution in [0.25, 0.3) is 10.9 Å². The van der Waals surface area contributed by atoms with Crippen molar-refractivity contribution in [1.29, 1.82) is 0 Å². The lowest BCUT2D eigenvalue weighted by atomic mass is 9.98. The van der Waals surface area contributed by atoms with Crippen LogP contribution in [-0.2, 0) is 6.54 Å². The Balaban J connectivity index is 2.34. The van der Waals surface area contributed by atoms with E-state index < -0.39 is 0 Å². The average molecular weight is 229 g/mol. The van der Waals surface area contributed by atoms with Gasteiger partial charge in [-0.15, -0.1) is 0 Å². The number of nitrogens with zero attached hydrogens (tertiary/aromatic N) is 2. The highest BCUT2D eigenvalue weighted by Gasteiger charge is 2.22. The highest BCUT2D eigenvalue weighted by atomic mass is 16.1. The molecule has 2 N–H and O–H groups in total. The second-order valence-corrected chi connectivity index (χ2v) is 4.52. The summed E-state index contributed by atoms with van der Waals surface area (Å²) in [5.41, 5.74) is 6.61. The van der Waals surface area contributed by atoms with Crippen LogP contribution in [0.1, 0.15) is 24.6 Å². The van der Waals surface area contributed by atoms with Crippen molar-refractivity contribution >= 4 is 10.9 Å². The zero-order valence-electron chi connectivity index (χ0n) is 9.60. The largest absolute Gasteiger partial charge is 0.330 e. The van der Waals surface area contributed by atoms with E-state index in [1.54, 1.807) is 4.57 Å². The molecule has 0 bridgehead atoms. The van der Waals surface area contributed by atoms with Crippen molar-refractivity contribution < 1.29 is 0 Å². The number of hydrogen-bond acceptors (Lipinski definition) is 3. The first-order valence-electron chi connectivity index (χ1n) is 6.01. The van der Waals surface area contributed by atoms with Crippen molar-refractivity contribution in [2.75, 3.05) is 6.54 Å². The van der Waals surface area contributed by atoms with Crippen LogP contribution in [0.2, 0.25) is 0 Å². The lowest BCUT2D eigenvalue weighted by molar-refractivity contribution is 0.432. The average Bonchev–Trinajstić information content (AvgIpc) is 2.38. The lowest BCUT2D eigenvalue weighted by Crippen LogP contribution is -2.32. The van der Waals surface area contributed by atoms with Crippen LogP contribution >= 0.6 is 0 Å². The summed E-state index contributed by atoms with van der Waals surface area (Å²) in [5, 5.41) is 0.703. The number of para-hydroxylation sites is 1. The molecule has 1 unspecified atom stereocenters. The molecule has 0 fully saturated rings. The fraction of sp³-hybridized carbons (Fsp3) is 0.385. The Bertz CT molecular complexity index is 618. The van der Waals surface area contributed by atoms with Crippen molar-refractivity contribution in [2.45, 2.75) is 25.3 Å². The minimum atomic E-state index is 0.0729. The molecule has 1 atom stereocenters. The third-order valence-corrected chi connectivity index (χ3v) is 3.48. The monoisotopic (exact) mass is 229 g/mol. The Kier molecular flexibility index (Phi) is 2.44. The summed E-state index contributed by atoms with van der Waals surface area (Å²) in [6, 6.07) is 7.51. The molecule has 0 aliphatic carbocycles. The molecular weight excluding hydrogens is 214 g/mol. The summed E-state index contributed by atoms with van der Waals surface area (Å²) in [7, 11) is 0. The van der Waals surface area contributed by atoms with Gasteiger partial charge in [0, 0.05) is 19.0 Å². The molecule has 0 radical (unpaired) electrons. The van der Waals surface area contributed by atoms with Crippen LogP contribution < -0.4 is 11.3 Å². The summed E-state index contributed by atoms with van der Waals surface area (Å²) < 4.78 is 1.80. The SMILES string of the molecule is NCC1CCCn2c1nc1ccccc1c2=O. The molecule has 2 heterocycles. The Morgan fingerprint density at radius 3 is 3.06 bits per heavy atom. The number of aromatic nitrogens is 2. The van der Waals surface area contributed by atoms with E-state index in [0.29, 0.717) is 11.9 Å². The molecule has 0 saturated heterocycles. The molecule has 1 aliphatic rings. The fourth-order valence-corrected chi connectivity index (χ4v) is 2.56. The molecule has 1 aromatic heterocycles. The molecular formula is C13H15N3O. The quantitative estimate of drug-likeness (QED) is 0.800. The van der Waals surface area contributed by atoms with E-state index in [4.69, 9.17) is 5.73 Å². The highest BCUT2D eigenvalue weighted by molar-refractivity contribution is 5.77. The molecule has 0 amide bonds. The summed E-state index contributed by atoms with van der Waals surface area (Å²) in [5.74, 6) is 1.09. The van der Waals surface area contributed by atoms with E-state index in [2.05, 4.69) is 4.98 Å². The first kappa shape index (κ1) is 10.5. The Morgan fingerprint density at radius 2 is 2.24 bits per heavy atom. The highest BCUT2D eigenvalue weighted by Crippen LogP contribution is 2.24. The van der Waals surface area contributed by atoms with Crippen LogP contribution in [0.15, 0.2) is 29.1 Å². The summed E-state index contributed by atoms with van der Waals surface area (Å²) in [4.78, 5) is 16.9. The van der Waals surface area contributed by atoms with Crippen molar-refractivity contribution in [3.05, 3.63) is 40.4 Å². The molecule has 2 aromatic rings. The molecule has 3 rings (SSSR count). The van der Waals surface area contributed by atoms with Gasteiger partial charge in [0.2, 0.25) is 0 Å². The van der Waals surface area contributed by atoms with Gasteiger partial charge in [-0.3, -0.25) is 9.36 Å². The Hall–Kier alpha value is -1.68. The van der Waals surface area contributed by atoms with Gasteiger partial charge in [-0.1, -0.05) is 12.1 Å². The van der Waals surface area contributed by atoms with Crippen molar-refractivity contribution in [1.82, 2.24) is 9.55 Å². The molecule has 88 valence electrons. The van der Waals surface area contributed by atoms with Gasteiger partial charge in [0.1, 0.15) is 5.82 Å². The van der Waals surface area contributed by atoms with Gasteiger partial charge in [-0.05, 0) is 25.0 Å². The van der Waals surface area contributed by atoms with Crippen LogP contribution in [-0.4, -0.2) is 16.1 Å². The van der Waals surface area contributed by atoms with Crippen LogP contribution in [0.3, 0.4) is 0 Å². The predicted molar refractivity (Wildman–Crippen MR) is 67.0 cm³/mol. The Labute approximate surface area is 99.1 Å². The zero-order valence-corrected chi connectivity index (χ0v) is 9.60. The minimum absolute atomic E-state index is 0.0729. The molecule has 17 heavy (non-hydrogen) atoms. The van der Waals surface area contributed by atoms with Crippen LogP contribution in [0, 0.1) is 0 Å². The van der Waals surface area contributed by atoms with Crippen molar-refractivity contribution in [3.8, 4) is 0 Å². The van der Waals surface area contributed by atoms with Gasteiger partial charge in [-0.25, -0.2) is 4.98 Å². The summed E-state index contributed by atoms with van der Waals surface area (Å²) in [6.07, 6.45) is 2.04. The number of nitrogens with two attached hydrogens (primary N) is 1. The number of rotatable bonds is 1. The molecule has 1 aliphatic heterocycles. The third-order valence-electron chi connectivity index (χ3n) is 3.48. The minimum Gasteiger partial charge on any atom is -0.330 e. The molecule has 4 heteroatoms. The van der Waals surface area contributed by atoms with Crippen molar-refractivity contribution in [2.24, 2.45) is 5.73 Å². The van der Waals surface area contributed by atoms with Gasteiger partial charge >= 0.3 is 0 Å². The standard InChI is InChI=1S/C13H15N3O/c14-8-9-4-3-7-16-12(9)15-11-6-2-1-5-10(11)13(16)17/h1-2,5-6,9H,3-4,7-8,14H2. The molecule has 0 saturated carbocycles. The summed E-state index contributed by atoms with van der Waals surface area (Å²) in [6.45, 7) is 1.33. The maximum absolute atomic E-state index is 12.3. The number of hydrogen-bond donors (Lipinski definition) is 1. The number of benzene rings is 1. The van der Waals surface area contributed by atoms with Crippen LogP contribution in [0.4, 0.5) is 0 Å². The predicted octanol–water partition coefficient (Wildman–Crippen LogP) is 1.23. The molecule has 4 nitrogen and oxygen atoms in total. The Morgan fingerprint density at radius 1 is 1.41 bits per heavy atom. The van der Waals surface area contributed by atoms with E-state index in [1.807, 2.05) is 24.3 Å². The second kappa shape index (κ2) is 3.96. The summed E-state index contributed by atoms with van der Waals surface area (Å²) >= 11 is 0. The second-order valence-electron chi connectivity index (χ2n) is 4.52. The van der Waals surface area contributed by atoms with Gasteiger partial charge < -0.3 is 5.73 Å². The number of fused-ring (bicyclic) bond motifs is 2. The van der Waals surface area contributed by atoms with E-state index in [1.165, 1.54) is 0 Å². The zero-order chi connectivity index (χ0) is 11.8. The van der Waals surface area contributed by atoms with Gasteiger partial charge in [0.15, 0.2) is 0 Å². The molecule has 0 spiro atoms. The van der Waals surface area contributed by atoms with E-state index in [9.17, 15) is 4.79 Å². The molecule has 1 aromatic carbocycles. The fourth-order valence-electron chi connectivity index (χ4n) is 2.56. The first-order valence-corrected chi connectivity index (χ1v) is 6.01.